The van der Waals surface area contributed by atoms with Crippen LogP contribution in [0.1, 0.15) is 110 Å². The number of nitrogens with zero attached hydrogens (tertiary/aromatic N) is 7. The first kappa shape index (κ1) is 90.3. The minimum absolute atomic E-state index is 0.0136. The summed E-state index contributed by atoms with van der Waals surface area (Å²) >= 11 is 0. The van der Waals surface area contributed by atoms with Crippen molar-refractivity contribution >= 4 is 67.7 Å². The molecule has 13 rings (SSSR count). The fourth-order valence-electron chi connectivity index (χ4n) is 16.0. The van der Waals surface area contributed by atoms with Crippen molar-refractivity contribution in [3.05, 3.63) is 249 Å². The van der Waals surface area contributed by atoms with Crippen molar-refractivity contribution in [2.45, 2.75) is 133 Å². The zero-order valence-electron chi connectivity index (χ0n) is 69.8. The molecule has 35 heteroatoms. The van der Waals surface area contributed by atoms with Crippen LogP contribution < -0.4 is 47.4 Å². The van der Waals surface area contributed by atoms with Gasteiger partial charge in [-0.05, 0) is 151 Å². The summed E-state index contributed by atoms with van der Waals surface area (Å²) in [5.74, 6) is -0.281. The number of carboxylic acid groups (broad SMARTS) is 1. The number of amides is 1. The van der Waals surface area contributed by atoms with Gasteiger partial charge in [0.25, 0.3) is 5.91 Å². The van der Waals surface area contributed by atoms with Gasteiger partial charge in [0, 0.05) is 92.2 Å². The lowest BCUT2D eigenvalue weighted by atomic mass is 9.80. The number of unbranched alkanes of at least 4 members (excludes halogenated alkanes) is 2. The molecule has 6 aromatic carbocycles. The average Bonchev–Trinajstić information content (AvgIpc) is 1.15. The predicted octanol–water partition coefficient (Wildman–Crippen LogP) is 13.0. The number of hydrogen-bond donors (Lipinski definition) is 9. The number of aliphatic imine (C=N–C) groups is 1. The van der Waals surface area contributed by atoms with Gasteiger partial charge in [0.1, 0.15) is 69.9 Å². The minimum atomic E-state index is -5.38. The van der Waals surface area contributed by atoms with Gasteiger partial charge < -0.3 is 84.4 Å². The highest BCUT2D eigenvalue weighted by molar-refractivity contribution is 7.47. The van der Waals surface area contributed by atoms with E-state index in [9.17, 15) is 53.5 Å². The number of phenolic OH excluding ortho intramolecular Hbond substituents is 1. The summed E-state index contributed by atoms with van der Waals surface area (Å²) in [6.07, 6.45) is -2.13. The third kappa shape index (κ3) is 21.2. The number of phosphoric ester groups is 2. The Balaban J connectivity index is 0.735. The Bertz CT molecular complexity index is 5650. The maximum absolute atomic E-state index is 15.0. The summed E-state index contributed by atoms with van der Waals surface area (Å²) < 4.78 is 99.8. The first-order chi connectivity index (χ1) is 59.4. The number of nitrogens with two attached hydrogens (primary N) is 2. The fourth-order valence-corrected chi connectivity index (χ4v) is 18.1. The van der Waals surface area contributed by atoms with E-state index < -0.39 is 100 Å². The average molecular weight is 1740 g/mol. The molecule has 0 radical (unpaired) electrons. The fraction of sp³-hybridized carbons (Fsp3) is 0.360. The second-order valence-corrected chi connectivity index (χ2v) is 33.8. The Hall–Kier alpha value is -11.4. The number of benzene rings is 7. The van der Waals surface area contributed by atoms with Crippen LogP contribution in [0.25, 0.3) is 39.1 Å². The molecule has 4 aliphatic heterocycles. The highest BCUT2D eigenvalue weighted by Crippen LogP contribution is 2.54. The number of rotatable bonds is 37. The van der Waals surface area contributed by atoms with Crippen molar-refractivity contribution in [2.75, 3.05) is 72.8 Å². The van der Waals surface area contributed by atoms with Gasteiger partial charge in [-0.15, -0.1) is 0 Å². The van der Waals surface area contributed by atoms with Crippen molar-refractivity contribution in [3.63, 3.8) is 0 Å². The van der Waals surface area contributed by atoms with Crippen LogP contribution in [0.4, 0.5) is 17.3 Å². The number of hydrogen-bond acceptors (Lipinski definition) is 27. The molecule has 4 unspecified atom stereocenters. The smallest absolute Gasteiger partial charge is 0.472 e. The molecule has 0 spiro atoms. The van der Waals surface area contributed by atoms with E-state index in [0.29, 0.717) is 115 Å². The molecule has 2 saturated heterocycles. The lowest BCUT2D eigenvalue weighted by molar-refractivity contribution is -0.193. The van der Waals surface area contributed by atoms with Crippen LogP contribution in [0.3, 0.4) is 0 Å². The molecule has 8 aromatic rings. The number of ether oxygens (including phenoxy) is 6. The molecule has 11 N–H and O–H groups in total. The number of carbonyl (C=O) groups is 2. The van der Waals surface area contributed by atoms with Crippen LogP contribution in [-0.4, -0.2) is 177 Å². The molecule has 0 saturated carbocycles. The Labute approximate surface area is 715 Å². The number of aromatic hydroxyl groups is 1. The quantitative estimate of drug-likeness (QED) is 0.00436. The highest BCUT2D eigenvalue weighted by Gasteiger charge is 2.47. The normalized spacial score (nSPS) is 20.0. The van der Waals surface area contributed by atoms with Crippen molar-refractivity contribution in [2.24, 2.45) is 22.6 Å². The van der Waals surface area contributed by atoms with Crippen LogP contribution in [0, 0.1) is 11.8 Å². The molecule has 5 aliphatic rings. The van der Waals surface area contributed by atoms with Gasteiger partial charge in [0.05, 0.1) is 94.9 Å². The lowest BCUT2D eigenvalue weighted by Crippen LogP contribution is -2.54. The molecule has 656 valence electrons. The molecule has 1 aliphatic carbocycles. The standard InChI is InChI=1S/C89H103N11O22P2/c1-53-48-93-85-83(84(54(53)2)97(5)6)94-52-98(85)49-78-55(3)74(100(107)86(103)73(90)42-57-19-28-64(112-7)29-20-57)46-67(38-41-115-78)120-124(110,111)122-77-47-81(99-40-37-80(91)96-88(99)106)119-79(77)51-117-123(108,109)121-68(50-116-89(58-16-12-10-13-17-58,59-21-30-65(113-8)31-22-59)60-23-32-66(114-9)33-24-60)18-14-11-15-39-92-56(4)95-61-25-34-69(72(43-61)87(104)105)82-70-35-26-62(101)44-75(70)118-76-45-63(102)27-36-71(76)82/h10,12-13,16-17,19-37,40,43-45,48,52-53,55,67-68,73-74,77-79,81,92,95,101,107H,4,11,14-15,18,38-39,41-42,46-47,49-51,90H2,1-3,5-9H3,(H,104,105)(H,108,109)(H,110,111)(H2,91,96,106)/t53?,55-,67+,68?,73+,74-,77+,78+,79-,81-/m1/s1. The molecule has 33 nitrogen and oxygen atoms in total. The number of phenols is 1. The first-order valence-electron chi connectivity index (χ1n) is 40.5. The number of aromatic nitrogens is 4. The highest BCUT2D eigenvalue weighted by atomic mass is 31.2. The van der Waals surface area contributed by atoms with Crippen LogP contribution in [0.2, 0.25) is 0 Å². The van der Waals surface area contributed by atoms with E-state index in [4.69, 9.17) is 72.4 Å². The molecule has 2 fully saturated rings. The molecule has 12 atom stereocenters. The number of allylic oxidation sites excluding steroid dienone is 1. The third-order valence-corrected chi connectivity index (χ3v) is 24.7. The van der Waals surface area contributed by atoms with Crippen molar-refractivity contribution < 1.29 is 94.9 Å². The molecule has 124 heavy (non-hydrogen) atoms. The second-order valence-electron chi connectivity index (χ2n) is 31.1. The largest absolute Gasteiger partial charge is 0.508 e. The Morgan fingerprint density at radius 1 is 0.798 bits per heavy atom. The summed E-state index contributed by atoms with van der Waals surface area (Å²) in [5, 5.41) is 40.7. The molecular formula is C89H103N11O22P2. The molecule has 0 bridgehead atoms. The van der Waals surface area contributed by atoms with Crippen LogP contribution >= 0.6 is 15.6 Å². The van der Waals surface area contributed by atoms with E-state index in [-0.39, 0.29) is 91.7 Å². The number of nitrogens with one attached hydrogen (secondary N) is 2. The van der Waals surface area contributed by atoms with Crippen LogP contribution in [0.15, 0.2) is 213 Å². The predicted molar refractivity (Wildman–Crippen MR) is 463 cm³/mol. The van der Waals surface area contributed by atoms with Crippen LogP contribution in [-0.2, 0) is 64.8 Å². The number of anilines is 2. The second kappa shape index (κ2) is 39.6. The van der Waals surface area contributed by atoms with Crippen LogP contribution in [0.5, 0.6) is 23.0 Å². The number of methoxy groups -OCH3 is 3. The minimum Gasteiger partial charge on any atom is -0.508 e. The van der Waals surface area contributed by atoms with E-state index in [0.717, 1.165) is 15.8 Å². The van der Waals surface area contributed by atoms with Gasteiger partial charge in [0.2, 0.25) is 0 Å². The van der Waals surface area contributed by atoms with Gasteiger partial charge in [0.15, 0.2) is 11.2 Å². The van der Waals surface area contributed by atoms with Gasteiger partial charge in [-0.3, -0.25) is 37.5 Å². The van der Waals surface area contributed by atoms with E-state index in [1.807, 2.05) is 98.2 Å². The third-order valence-electron chi connectivity index (χ3n) is 22.5. The Kier molecular flexibility index (Phi) is 28.9. The molecular weight excluding hydrogens is 1640 g/mol. The number of phosphoric acid groups is 2. The maximum Gasteiger partial charge on any atom is 0.472 e. The maximum atomic E-state index is 15.0. The summed E-state index contributed by atoms with van der Waals surface area (Å²) in [4.78, 5) is 93.4. The molecule has 2 aromatic heterocycles. The SMILES string of the molecule is C=C(NCCCCCC(COC(c1ccccc1)(c1ccc(OC)cc1)c1ccc(OC)cc1)OP(=O)(O)OC[C@H]1O[C@@H](n2ccc(N)nc2=O)C[C@@H]1OP(=O)(O)O[C@H]1CCO[C@@H](Cn2cnc3c2N=CC(C)C(C)=C3N(C)C)[C@H](C)[C@H](N(O)C(=O)[C@@H](N)Cc2ccc(OC)cc2)C1)Nc1ccc(-c2c3ccc(=O)cc-3oc3cc(O)ccc23)c(C(=O)O)c1. The summed E-state index contributed by atoms with van der Waals surface area (Å²) in [5.41, 5.74) is 17.0. The van der Waals surface area contributed by atoms with Gasteiger partial charge >= 0.3 is 27.3 Å². The Morgan fingerprint density at radius 3 is 2.15 bits per heavy atom. The number of imidazole rings is 1. The van der Waals surface area contributed by atoms with Crippen molar-refractivity contribution in [1.29, 1.82) is 0 Å². The summed E-state index contributed by atoms with van der Waals surface area (Å²) in [6, 6.07) is 43.2. The number of hydroxylamine groups is 2. The number of carbonyl (C=O) groups excluding carboxylic acids is 1. The molecule has 6 heterocycles. The number of aromatic carboxylic acids is 1. The van der Waals surface area contributed by atoms with Gasteiger partial charge in [-0.2, -0.15) is 4.98 Å². The number of fused-ring (bicyclic) bond motifs is 3. The van der Waals surface area contributed by atoms with Gasteiger partial charge in [-0.1, -0.05) is 106 Å². The number of carboxylic acids is 1. The monoisotopic (exact) mass is 1740 g/mol. The summed E-state index contributed by atoms with van der Waals surface area (Å²) in [6.45, 7) is 9.20. The summed E-state index contributed by atoms with van der Waals surface area (Å²) in [7, 11) is -2.21. The molecule has 1 amide bonds. The topological polar surface area (TPSA) is 440 Å². The zero-order chi connectivity index (χ0) is 88.3. The Morgan fingerprint density at radius 2 is 1.48 bits per heavy atom. The van der Waals surface area contributed by atoms with E-state index in [2.05, 4.69) is 22.2 Å². The van der Waals surface area contributed by atoms with E-state index in [1.165, 1.54) is 49.7 Å². The van der Waals surface area contributed by atoms with E-state index >= 15 is 0 Å². The zero-order valence-corrected chi connectivity index (χ0v) is 71.6. The van der Waals surface area contributed by atoms with Gasteiger partial charge in [-0.25, -0.2) is 33.8 Å². The lowest BCUT2D eigenvalue weighted by Gasteiger charge is -2.40. The number of nitrogen functional groups attached to an aromatic ring is 1. The first-order valence-corrected chi connectivity index (χ1v) is 43.5. The van der Waals surface area contributed by atoms with E-state index in [1.54, 1.807) is 100 Å². The van der Waals surface area contributed by atoms with Crippen molar-refractivity contribution in [1.82, 2.24) is 34.4 Å². The van der Waals surface area contributed by atoms with Crippen molar-refractivity contribution in [3.8, 4) is 45.4 Å².